The fourth-order valence-corrected chi connectivity index (χ4v) is 2.28. The molecule has 0 aromatic carbocycles. The van der Waals surface area contributed by atoms with Gasteiger partial charge in [0.1, 0.15) is 12.4 Å². The van der Waals surface area contributed by atoms with Gasteiger partial charge in [0.25, 0.3) is 0 Å². The molecule has 21 heavy (non-hydrogen) atoms. The first-order chi connectivity index (χ1) is 10.1. The van der Waals surface area contributed by atoms with Gasteiger partial charge in [-0.2, -0.15) is 5.10 Å². The normalized spacial score (nSPS) is 12.6. The van der Waals surface area contributed by atoms with Crippen molar-refractivity contribution in [3.63, 3.8) is 0 Å². The molecule has 0 aliphatic heterocycles. The lowest BCUT2D eigenvalue weighted by Gasteiger charge is -2.20. The van der Waals surface area contributed by atoms with Crippen LogP contribution in [0.5, 0.6) is 0 Å². The Morgan fingerprint density at radius 2 is 2.05 bits per heavy atom. The highest BCUT2D eigenvalue weighted by Crippen LogP contribution is 2.18. The van der Waals surface area contributed by atoms with Crippen molar-refractivity contribution in [2.45, 2.75) is 32.7 Å². The Morgan fingerprint density at radius 1 is 1.33 bits per heavy atom. The Morgan fingerprint density at radius 3 is 2.62 bits per heavy atom. The number of carbonyl (C=O) groups excluding carboxylic acids is 1. The summed E-state index contributed by atoms with van der Waals surface area (Å²) in [5.41, 5.74) is 0. The fraction of sp³-hybridized carbons (Fsp3) is 0.533. The zero-order valence-corrected chi connectivity index (χ0v) is 12.9. The summed E-state index contributed by atoms with van der Waals surface area (Å²) in [5.74, 6) is 1.26. The number of aromatic nitrogens is 4. The van der Waals surface area contributed by atoms with E-state index in [9.17, 15) is 4.79 Å². The summed E-state index contributed by atoms with van der Waals surface area (Å²) in [7, 11) is 1.83. The molecule has 0 radical (unpaired) electrons. The number of hydrogen-bond donors (Lipinski definition) is 1. The van der Waals surface area contributed by atoms with Gasteiger partial charge >= 0.3 is 0 Å². The molecule has 1 N–H and O–H groups in total. The largest absolute Gasteiger partial charge is 0.354 e. The van der Waals surface area contributed by atoms with E-state index in [0.717, 1.165) is 12.2 Å². The van der Waals surface area contributed by atoms with Crippen LogP contribution in [-0.4, -0.2) is 31.8 Å². The third-order valence-corrected chi connectivity index (χ3v) is 3.28. The molecule has 0 fully saturated rings. The molecule has 2 rings (SSSR count). The van der Waals surface area contributed by atoms with Crippen LogP contribution < -0.4 is 5.32 Å². The van der Waals surface area contributed by atoms with Crippen molar-refractivity contribution in [2.75, 3.05) is 6.54 Å². The molecule has 0 spiro atoms. The number of carbonyl (C=O) groups is 1. The third-order valence-electron chi connectivity index (χ3n) is 3.28. The molecule has 0 bridgehead atoms. The fourth-order valence-electron chi connectivity index (χ4n) is 2.28. The van der Waals surface area contributed by atoms with Crippen LogP contribution >= 0.6 is 0 Å². The van der Waals surface area contributed by atoms with E-state index in [1.54, 1.807) is 11.0 Å². The van der Waals surface area contributed by atoms with Gasteiger partial charge in [-0.15, -0.1) is 0 Å². The number of nitrogens with zero attached hydrogens (tertiary/aromatic N) is 4. The van der Waals surface area contributed by atoms with Crippen LogP contribution in [0.4, 0.5) is 0 Å². The Balaban J connectivity index is 1.89. The van der Waals surface area contributed by atoms with Gasteiger partial charge in [0.05, 0.1) is 0 Å². The second-order valence-electron chi connectivity index (χ2n) is 5.65. The number of hydrogen-bond acceptors (Lipinski definition) is 3. The summed E-state index contributed by atoms with van der Waals surface area (Å²) in [5, 5.41) is 7.18. The molecule has 6 heteroatoms. The highest BCUT2D eigenvalue weighted by molar-refractivity contribution is 5.80. The predicted octanol–water partition coefficient (Wildman–Crippen LogP) is 1.56. The topological polar surface area (TPSA) is 64.7 Å². The summed E-state index contributed by atoms with van der Waals surface area (Å²) in [6, 6.07) is 3.73. The van der Waals surface area contributed by atoms with Crippen LogP contribution in [0.3, 0.4) is 0 Å². The van der Waals surface area contributed by atoms with Crippen molar-refractivity contribution in [3.8, 4) is 0 Å². The summed E-state index contributed by atoms with van der Waals surface area (Å²) in [6.07, 6.45) is 7.01. The average molecular weight is 289 g/mol. The lowest BCUT2D eigenvalue weighted by Crippen LogP contribution is -2.34. The first kappa shape index (κ1) is 15.3. The van der Waals surface area contributed by atoms with Gasteiger partial charge in [-0.3, -0.25) is 9.48 Å². The van der Waals surface area contributed by atoms with Gasteiger partial charge in [-0.1, -0.05) is 13.8 Å². The van der Waals surface area contributed by atoms with E-state index in [0.29, 0.717) is 18.9 Å². The molecule has 0 saturated carbocycles. The molecular formula is C15H23N5O. The second-order valence-corrected chi connectivity index (χ2v) is 5.65. The van der Waals surface area contributed by atoms with Crippen LogP contribution in [-0.2, 0) is 18.3 Å². The van der Waals surface area contributed by atoms with Gasteiger partial charge in [0, 0.05) is 32.4 Å². The highest BCUT2D eigenvalue weighted by atomic mass is 16.2. The molecule has 0 saturated heterocycles. The lowest BCUT2D eigenvalue weighted by atomic mass is 10.0. The van der Waals surface area contributed by atoms with Gasteiger partial charge < -0.3 is 9.88 Å². The maximum atomic E-state index is 12.4. The zero-order chi connectivity index (χ0) is 15.2. The number of aryl methyl sites for hydroxylation is 1. The SMILES string of the molecule is CC(C)C[C@@H](C(=O)NCCc1ncn(C)n1)n1cccc1. The van der Waals surface area contributed by atoms with Gasteiger partial charge in [-0.25, -0.2) is 4.98 Å². The maximum Gasteiger partial charge on any atom is 0.243 e. The lowest BCUT2D eigenvalue weighted by molar-refractivity contribution is -0.124. The van der Waals surface area contributed by atoms with Crippen LogP contribution in [0.1, 0.15) is 32.1 Å². The number of amides is 1. The van der Waals surface area contributed by atoms with E-state index < -0.39 is 0 Å². The molecule has 0 aliphatic carbocycles. The standard InChI is InChI=1S/C15H23N5O/c1-12(2)10-13(20-8-4-5-9-20)15(21)16-7-6-14-17-11-19(3)18-14/h4-5,8-9,11-13H,6-7,10H2,1-3H3,(H,16,21)/t13-/m0/s1. The van der Waals surface area contributed by atoms with E-state index in [1.807, 2.05) is 36.1 Å². The molecule has 1 amide bonds. The molecule has 114 valence electrons. The van der Waals surface area contributed by atoms with E-state index in [1.165, 1.54) is 0 Å². The smallest absolute Gasteiger partial charge is 0.243 e. The Labute approximate surface area is 125 Å². The molecule has 1 atom stereocenters. The summed E-state index contributed by atoms with van der Waals surface area (Å²) >= 11 is 0. The van der Waals surface area contributed by atoms with Crippen molar-refractivity contribution >= 4 is 5.91 Å². The van der Waals surface area contributed by atoms with Crippen molar-refractivity contribution in [1.82, 2.24) is 24.6 Å². The van der Waals surface area contributed by atoms with Gasteiger partial charge in [0.15, 0.2) is 5.82 Å². The molecule has 2 aromatic heterocycles. The Kier molecular flexibility index (Phi) is 5.14. The van der Waals surface area contributed by atoms with Crippen molar-refractivity contribution in [1.29, 1.82) is 0 Å². The first-order valence-electron chi connectivity index (χ1n) is 7.31. The van der Waals surface area contributed by atoms with Crippen molar-refractivity contribution in [2.24, 2.45) is 13.0 Å². The minimum absolute atomic E-state index is 0.0517. The molecule has 0 unspecified atom stereocenters. The van der Waals surface area contributed by atoms with Crippen LogP contribution in [0.15, 0.2) is 30.9 Å². The predicted molar refractivity (Wildman–Crippen MR) is 80.6 cm³/mol. The van der Waals surface area contributed by atoms with E-state index >= 15 is 0 Å². The number of nitrogens with one attached hydrogen (secondary N) is 1. The van der Waals surface area contributed by atoms with Gasteiger partial charge in [-0.05, 0) is 24.5 Å². The van der Waals surface area contributed by atoms with E-state index in [4.69, 9.17) is 0 Å². The number of rotatable bonds is 7. The summed E-state index contributed by atoms with van der Waals surface area (Å²) < 4.78 is 3.63. The summed E-state index contributed by atoms with van der Waals surface area (Å²) in [4.78, 5) is 16.5. The Bertz CT molecular complexity index is 558. The van der Waals surface area contributed by atoms with Crippen LogP contribution in [0.2, 0.25) is 0 Å². The average Bonchev–Trinajstić information content (AvgIpc) is 3.07. The molecule has 2 heterocycles. The molecule has 6 nitrogen and oxygen atoms in total. The Hall–Kier alpha value is -2.11. The van der Waals surface area contributed by atoms with E-state index in [-0.39, 0.29) is 11.9 Å². The maximum absolute atomic E-state index is 12.4. The monoisotopic (exact) mass is 289 g/mol. The highest BCUT2D eigenvalue weighted by Gasteiger charge is 2.20. The minimum Gasteiger partial charge on any atom is -0.354 e. The van der Waals surface area contributed by atoms with Crippen molar-refractivity contribution < 1.29 is 4.79 Å². The van der Waals surface area contributed by atoms with Gasteiger partial charge in [0.2, 0.25) is 5.91 Å². The van der Waals surface area contributed by atoms with Crippen LogP contribution in [0.25, 0.3) is 0 Å². The minimum atomic E-state index is -0.156. The van der Waals surface area contributed by atoms with Crippen LogP contribution in [0, 0.1) is 5.92 Å². The quantitative estimate of drug-likeness (QED) is 0.841. The zero-order valence-electron chi connectivity index (χ0n) is 12.9. The third kappa shape index (κ3) is 4.44. The first-order valence-corrected chi connectivity index (χ1v) is 7.31. The second kappa shape index (κ2) is 7.06. The van der Waals surface area contributed by atoms with E-state index in [2.05, 4.69) is 29.2 Å². The molecule has 0 aliphatic rings. The molecule has 2 aromatic rings. The molecular weight excluding hydrogens is 266 g/mol. The van der Waals surface area contributed by atoms with Crippen molar-refractivity contribution in [3.05, 3.63) is 36.7 Å². The summed E-state index contributed by atoms with van der Waals surface area (Å²) in [6.45, 7) is 4.81.